The van der Waals surface area contributed by atoms with Crippen molar-refractivity contribution in [2.75, 3.05) is 13.7 Å². The molecule has 1 aliphatic rings. The largest absolute Gasteiger partial charge is 0.497 e. The first kappa shape index (κ1) is 10.2. The van der Waals surface area contributed by atoms with Crippen LogP contribution in [0.5, 0.6) is 5.75 Å². The Labute approximate surface area is 90.7 Å². The molecule has 0 spiro atoms. The molecule has 0 radical (unpaired) electrons. The van der Waals surface area contributed by atoms with Crippen molar-refractivity contribution in [1.29, 1.82) is 0 Å². The van der Waals surface area contributed by atoms with Gasteiger partial charge in [0.05, 0.1) is 7.11 Å². The van der Waals surface area contributed by atoms with E-state index in [0.29, 0.717) is 6.54 Å². The van der Waals surface area contributed by atoms with Crippen LogP contribution in [0, 0.1) is 0 Å². The molecule has 2 N–H and O–H groups in total. The molecule has 0 amide bonds. The molecule has 0 heterocycles. The quantitative estimate of drug-likeness (QED) is 0.800. The number of rotatable bonds is 2. The fourth-order valence-electron chi connectivity index (χ4n) is 2.08. The standard InChI is InChI=1S/C13H17NO/c1-13(9-14)7-3-4-10-5-6-11(15-2)8-12(10)13/h3-6,8H,7,9,14H2,1-2H3/t13-/m0/s1. The molecular weight excluding hydrogens is 186 g/mol. The van der Waals surface area contributed by atoms with Crippen LogP contribution in [-0.4, -0.2) is 13.7 Å². The summed E-state index contributed by atoms with van der Waals surface area (Å²) in [6.45, 7) is 2.87. The first-order valence-corrected chi connectivity index (χ1v) is 5.25. The highest BCUT2D eigenvalue weighted by molar-refractivity contribution is 5.61. The fourth-order valence-corrected chi connectivity index (χ4v) is 2.08. The molecule has 0 unspecified atom stereocenters. The number of benzene rings is 1. The van der Waals surface area contributed by atoms with Crippen molar-refractivity contribution in [1.82, 2.24) is 0 Å². The highest BCUT2D eigenvalue weighted by Crippen LogP contribution is 2.36. The Morgan fingerprint density at radius 2 is 2.27 bits per heavy atom. The molecular formula is C13H17NO. The summed E-state index contributed by atoms with van der Waals surface area (Å²) in [6.07, 6.45) is 5.36. The van der Waals surface area contributed by atoms with Gasteiger partial charge in [0, 0.05) is 12.0 Å². The number of nitrogens with two attached hydrogens (primary N) is 1. The topological polar surface area (TPSA) is 35.2 Å². The SMILES string of the molecule is COc1ccc2c(c1)[C@](C)(CN)CC=C2. The molecule has 1 aromatic rings. The van der Waals surface area contributed by atoms with E-state index in [1.165, 1.54) is 11.1 Å². The number of hydrogen-bond donors (Lipinski definition) is 1. The Hall–Kier alpha value is -1.28. The molecule has 0 bridgehead atoms. The predicted octanol–water partition coefficient (Wildman–Crippen LogP) is 2.33. The maximum atomic E-state index is 5.87. The molecule has 15 heavy (non-hydrogen) atoms. The Morgan fingerprint density at radius 1 is 1.47 bits per heavy atom. The van der Waals surface area contributed by atoms with E-state index >= 15 is 0 Å². The molecule has 1 atom stereocenters. The van der Waals surface area contributed by atoms with E-state index in [4.69, 9.17) is 10.5 Å². The number of hydrogen-bond acceptors (Lipinski definition) is 2. The smallest absolute Gasteiger partial charge is 0.119 e. The molecule has 2 heteroatoms. The van der Waals surface area contributed by atoms with Crippen LogP contribution in [0.1, 0.15) is 24.5 Å². The zero-order valence-electron chi connectivity index (χ0n) is 9.29. The summed E-state index contributed by atoms with van der Waals surface area (Å²) in [5.74, 6) is 0.906. The molecule has 2 nitrogen and oxygen atoms in total. The average Bonchev–Trinajstić information content (AvgIpc) is 2.29. The minimum atomic E-state index is 0.0542. The third-order valence-electron chi connectivity index (χ3n) is 3.23. The van der Waals surface area contributed by atoms with E-state index in [2.05, 4.69) is 31.2 Å². The zero-order valence-corrected chi connectivity index (χ0v) is 9.29. The van der Waals surface area contributed by atoms with Crippen LogP contribution >= 0.6 is 0 Å². The van der Waals surface area contributed by atoms with Crippen molar-refractivity contribution in [3.63, 3.8) is 0 Å². The maximum Gasteiger partial charge on any atom is 0.119 e. The highest BCUT2D eigenvalue weighted by atomic mass is 16.5. The number of methoxy groups -OCH3 is 1. The van der Waals surface area contributed by atoms with Gasteiger partial charge in [-0.3, -0.25) is 0 Å². The van der Waals surface area contributed by atoms with Gasteiger partial charge in [0.25, 0.3) is 0 Å². The Morgan fingerprint density at radius 3 is 2.93 bits per heavy atom. The molecule has 1 aromatic carbocycles. The van der Waals surface area contributed by atoms with Gasteiger partial charge in [-0.15, -0.1) is 0 Å². The first-order chi connectivity index (χ1) is 7.19. The van der Waals surface area contributed by atoms with Crippen molar-refractivity contribution >= 4 is 6.08 Å². The fraction of sp³-hybridized carbons (Fsp3) is 0.385. The van der Waals surface area contributed by atoms with Gasteiger partial charge in [0.2, 0.25) is 0 Å². The second-order valence-electron chi connectivity index (χ2n) is 4.32. The normalized spacial score (nSPS) is 23.7. The molecule has 0 aromatic heterocycles. The average molecular weight is 203 g/mol. The van der Waals surface area contributed by atoms with Crippen LogP contribution in [0.25, 0.3) is 6.08 Å². The minimum Gasteiger partial charge on any atom is -0.497 e. The number of allylic oxidation sites excluding steroid dienone is 1. The Kier molecular flexibility index (Phi) is 2.53. The molecule has 1 aliphatic carbocycles. The molecule has 0 saturated carbocycles. The molecule has 2 rings (SSSR count). The summed E-state index contributed by atoms with van der Waals surface area (Å²) in [4.78, 5) is 0. The van der Waals surface area contributed by atoms with Gasteiger partial charge in [-0.25, -0.2) is 0 Å². The lowest BCUT2D eigenvalue weighted by atomic mass is 9.74. The van der Waals surface area contributed by atoms with Crippen LogP contribution < -0.4 is 10.5 Å². The summed E-state index contributed by atoms with van der Waals surface area (Å²) < 4.78 is 5.25. The van der Waals surface area contributed by atoms with Crippen molar-refractivity contribution in [2.45, 2.75) is 18.8 Å². The molecule has 0 fully saturated rings. The van der Waals surface area contributed by atoms with E-state index < -0.39 is 0 Å². The molecule has 80 valence electrons. The third kappa shape index (κ3) is 1.65. The number of ether oxygens (including phenoxy) is 1. The lowest BCUT2D eigenvalue weighted by molar-refractivity contribution is 0.410. The first-order valence-electron chi connectivity index (χ1n) is 5.25. The van der Waals surface area contributed by atoms with E-state index in [1.807, 2.05) is 6.07 Å². The van der Waals surface area contributed by atoms with Gasteiger partial charge in [-0.2, -0.15) is 0 Å². The zero-order chi connectivity index (χ0) is 10.9. The van der Waals surface area contributed by atoms with Crippen molar-refractivity contribution < 1.29 is 4.74 Å². The monoisotopic (exact) mass is 203 g/mol. The van der Waals surface area contributed by atoms with Crippen LogP contribution in [0.2, 0.25) is 0 Å². The number of fused-ring (bicyclic) bond motifs is 1. The van der Waals surface area contributed by atoms with Crippen LogP contribution in [-0.2, 0) is 5.41 Å². The van der Waals surface area contributed by atoms with Gasteiger partial charge in [0.15, 0.2) is 0 Å². The van der Waals surface area contributed by atoms with Gasteiger partial charge in [-0.1, -0.05) is 25.1 Å². The Bertz CT molecular complexity index is 398. The van der Waals surface area contributed by atoms with E-state index in [9.17, 15) is 0 Å². The second-order valence-corrected chi connectivity index (χ2v) is 4.32. The van der Waals surface area contributed by atoms with Gasteiger partial charge >= 0.3 is 0 Å². The third-order valence-corrected chi connectivity index (χ3v) is 3.23. The lowest BCUT2D eigenvalue weighted by Gasteiger charge is -2.32. The highest BCUT2D eigenvalue weighted by Gasteiger charge is 2.28. The van der Waals surface area contributed by atoms with Crippen molar-refractivity contribution in [3.05, 3.63) is 35.4 Å². The summed E-state index contributed by atoms with van der Waals surface area (Å²) in [6, 6.07) is 6.19. The van der Waals surface area contributed by atoms with Gasteiger partial charge in [-0.05, 0) is 29.7 Å². The molecule has 0 aliphatic heterocycles. The Balaban J connectivity index is 2.54. The lowest BCUT2D eigenvalue weighted by Crippen LogP contribution is -2.33. The van der Waals surface area contributed by atoms with E-state index in [1.54, 1.807) is 7.11 Å². The molecule has 0 saturated heterocycles. The maximum absolute atomic E-state index is 5.87. The van der Waals surface area contributed by atoms with Crippen molar-refractivity contribution in [3.8, 4) is 5.75 Å². The predicted molar refractivity (Wildman–Crippen MR) is 63.1 cm³/mol. The second kappa shape index (κ2) is 3.70. The summed E-state index contributed by atoms with van der Waals surface area (Å²) in [5, 5.41) is 0. The summed E-state index contributed by atoms with van der Waals surface area (Å²) >= 11 is 0. The van der Waals surface area contributed by atoms with E-state index in [-0.39, 0.29) is 5.41 Å². The summed E-state index contributed by atoms with van der Waals surface area (Å²) in [7, 11) is 1.69. The van der Waals surface area contributed by atoms with Crippen LogP contribution in [0.15, 0.2) is 24.3 Å². The van der Waals surface area contributed by atoms with E-state index in [0.717, 1.165) is 12.2 Å². The van der Waals surface area contributed by atoms with Crippen LogP contribution in [0.4, 0.5) is 0 Å². The minimum absolute atomic E-state index is 0.0542. The van der Waals surface area contributed by atoms with Crippen LogP contribution in [0.3, 0.4) is 0 Å². The summed E-state index contributed by atoms with van der Waals surface area (Å²) in [5.41, 5.74) is 8.48. The van der Waals surface area contributed by atoms with Gasteiger partial charge in [0.1, 0.15) is 5.75 Å². The van der Waals surface area contributed by atoms with Gasteiger partial charge < -0.3 is 10.5 Å². The van der Waals surface area contributed by atoms with Crippen molar-refractivity contribution in [2.24, 2.45) is 5.73 Å².